The number of anilines is 1. The lowest BCUT2D eigenvalue weighted by molar-refractivity contribution is -0.115. The molecule has 142 valence electrons. The summed E-state index contributed by atoms with van der Waals surface area (Å²) in [5.41, 5.74) is 1.38. The minimum Gasteiger partial charge on any atom is -0.349 e. The zero-order chi connectivity index (χ0) is 19.7. The van der Waals surface area contributed by atoms with Crippen LogP contribution in [0.1, 0.15) is 28.9 Å². The molecule has 2 N–H and O–H groups in total. The molecule has 1 heterocycles. The Bertz CT molecular complexity index is 1130. The van der Waals surface area contributed by atoms with Crippen LogP contribution in [0, 0.1) is 0 Å². The number of aromatic nitrogens is 2. The SMILES string of the molecule is Cn1nc(CC(=O)Nc2cccc(C(=O)NC3CC3)c2)c2ccccc2c1=O. The van der Waals surface area contributed by atoms with Crippen molar-refractivity contribution in [2.45, 2.75) is 25.3 Å². The van der Waals surface area contributed by atoms with Gasteiger partial charge in [0.1, 0.15) is 0 Å². The van der Waals surface area contributed by atoms with Crippen LogP contribution in [-0.2, 0) is 18.3 Å². The molecule has 1 aromatic heterocycles. The Morgan fingerprint density at radius 3 is 2.61 bits per heavy atom. The Balaban J connectivity index is 1.52. The fourth-order valence-electron chi connectivity index (χ4n) is 3.10. The van der Waals surface area contributed by atoms with E-state index < -0.39 is 0 Å². The van der Waals surface area contributed by atoms with E-state index in [0.717, 1.165) is 12.8 Å². The van der Waals surface area contributed by atoms with Gasteiger partial charge < -0.3 is 10.6 Å². The molecular weight excluding hydrogens is 356 g/mol. The summed E-state index contributed by atoms with van der Waals surface area (Å²) in [6, 6.07) is 14.2. The summed E-state index contributed by atoms with van der Waals surface area (Å²) in [7, 11) is 1.57. The molecule has 7 heteroatoms. The number of aryl methyl sites for hydroxylation is 1. The number of nitrogens with one attached hydrogen (secondary N) is 2. The third-order valence-electron chi connectivity index (χ3n) is 4.68. The topological polar surface area (TPSA) is 93.1 Å². The Labute approximate surface area is 161 Å². The molecule has 7 nitrogen and oxygen atoms in total. The van der Waals surface area contributed by atoms with Gasteiger partial charge in [0, 0.05) is 29.7 Å². The van der Waals surface area contributed by atoms with Gasteiger partial charge in [-0.2, -0.15) is 5.10 Å². The maximum absolute atomic E-state index is 12.6. The molecule has 0 spiro atoms. The van der Waals surface area contributed by atoms with E-state index in [1.807, 2.05) is 6.07 Å². The van der Waals surface area contributed by atoms with Crippen molar-refractivity contribution < 1.29 is 9.59 Å². The third-order valence-corrected chi connectivity index (χ3v) is 4.68. The first-order chi connectivity index (χ1) is 13.5. The van der Waals surface area contributed by atoms with Crippen molar-refractivity contribution in [3.05, 3.63) is 70.1 Å². The average Bonchev–Trinajstić information content (AvgIpc) is 3.50. The number of hydrogen-bond acceptors (Lipinski definition) is 4. The van der Waals surface area contributed by atoms with Crippen molar-refractivity contribution >= 4 is 28.3 Å². The predicted octanol–water partition coefficient (Wildman–Crippen LogP) is 2.01. The third kappa shape index (κ3) is 3.78. The van der Waals surface area contributed by atoms with Crippen molar-refractivity contribution in [3.8, 4) is 0 Å². The van der Waals surface area contributed by atoms with E-state index >= 15 is 0 Å². The lowest BCUT2D eigenvalue weighted by atomic mass is 10.1. The van der Waals surface area contributed by atoms with Gasteiger partial charge in [0.05, 0.1) is 17.5 Å². The van der Waals surface area contributed by atoms with Crippen molar-refractivity contribution in [2.75, 3.05) is 5.32 Å². The smallest absolute Gasteiger partial charge is 0.274 e. The van der Waals surface area contributed by atoms with Gasteiger partial charge in [-0.3, -0.25) is 14.4 Å². The monoisotopic (exact) mass is 376 g/mol. The van der Waals surface area contributed by atoms with Gasteiger partial charge in [-0.25, -0.2) is 4.68 Å². The van der Waals surface area contributed by atoms with Gasteiger partial charge in [0.2, 0.25) is 5.91 Å². The van der Waals surface area contributed by atoms with E-state index in [2.05, 4.69) is 15.7 Å². The highest BCUT2D eigenvalue weighted by atomic mass is 16.2. The van der Waals surface area contributed by atoms with Crippen LogP contribution in [0.15, 0.2) is 53.3 Å². The number of benzene rings is 2. The van der Waals surface area contributed by atoms with Crippen LogP contribution in [0.25, 0.3) is 10.8 Å². The van der Waals surface area contributed by atoms with Crippen LogP contribution in [0.2, 0.25) is 0 Å². The van der Waals surface area contributed by atoms with Crippen LogP contribution in [0.5, 0.6) is 0 Å². The van der Waals surface area contributed by atoms with E-state index in [1.165, 1.54) is 4.68 Å². The first-order valence-electron chi connectivity index (χ1n) is 9.17. The highest BCUT2D eigenvalue weighted by Gasteiger charge is 2.23. The molecule has 0 bridgehead atoms. The summed E-state index contributed by atoms with van der Waals surface area (Å²) in [4.78, 5) is 36.9. The van der Waals surface area contributed by atoms with Crippen molar-refractivity contribution in [3.63, 3.8) is 0 Å². The molecule has 2 aromatic carbocycles. The molecule has 1 aliphatic rings. The van der Waals surface area contributed by atoms with Crippen molar-refractivity contribution in [1.29, 1.82) is 0 Å². The second-order valence-electron chi connectivity index (χ2n) is 6.97. The van der Waals surface area contributed by atoms with Crippen LogP contribution in [0.3, 0.4) is 0 Å². The summed E-state index contributed by atoms with van der Waals surface area (Å²) in [5.74, 6) is -0.402. The van der Waals surface area contributed by atoms with E-state index in [0.29, 0.717) is 27.7 Å². The van der Waals surface area contributed by atoms with Gasteiger partial charge in [-0.05, 0) is 37.1 Å². The van der Waals surface area contributed by atoms with Gasteiger partial charge in [0.25, 0.3) is 11.5 Å². The maximum atomic E-state index is 12.6. The Kier molecular flexibility index (Phi) is 4.65. The molecule has 0 radical (unpaired) electrons. The Morgan fingerprint density at radius 2 is 1.86 bits per heavy atom. The fourth-order valence-corrected chi connectivity index (χ4v) is 3.10. The number of amides is 2. The average molecular weight is 376 g/mol. The zero-order valence-electron chi connectivity index (χ0n) is 15.4. The van der Waals surface area contributed by atoms with Crippen LogP contribution < -0.4 is 16.2 Å². The summed E-state index contributed by atoms with van der Waals surface area (Å²) >= 11 is 0. The molecule has 3 aromatic rings. The largest absolute Gasteiger partial charge is 0.349 e. The number of carbonyl (C=O) groups excluding carboxylic acids is 2. The van der Waals surface area contributed by atoms with Gasteiger partial charge in [-0.1, -0.05) is 24.3 Å². The minimum absolute atomic E-state index is 0.0210. The van der Waals surface area contributed by atoms with Crippen molar-refractivity contribution in [1.82, 2.24) is 15.1 Å². The fraction of sp³-hybridized carbons (Fsp3) is 0.238. The van der Waals surface area contributed by atoms with Crippen LogP contribution in [-0.4, -0.2) is 27.6 Å². The Hall–Kier alpha value is -3.48. The molecule has 0 aliphatic heterocycles. The predicted molar refractivity (Wildman–Crippen MR) is 106 cm³/mol. The molecule has 0 unspecified atom stereocenters. The van der Waals surface area contributed by atoms with Gasteiger partial charge >= 0.3 is 0 Å². The molecule has 1 fully saturated rings. The number of hydrogen-bond donors (Lipinski definition) is 2. The number of fused-ring (bicyclic) bond motifs is 1. The van der Waals surface area contributed by atoms with E-state index in [4.69, 9.17) is 0 Å². The van der Waals surface area contributed by atoms with E-state index in [9.17, 15) is 14.4 Å². The highest BCUT2D eigenvalue weighted by molar-refractivity contribution is 5.98. The van der Waals surface area contributed by atoms with Gasteiger partial charge in [0.15, 0.2) is 0 Å². The van der Waals surface area contributed by atoms with Crippen molar-refractivity contribution in [2.24, 2.45) is 7.05 Å². The Morgan fingerprint density at radius 1 is 1.11 bits per heavy atom. The van der Waals surface area contributed by atoms with E-state index in [-0.39, 0.29) is 29.8 Å². The number of rotatable bonds is 5. The second-order valence-corrected chi connectivity index (χ2v) is 6.97. The molecule has 0 atom stereocenters. The molecule has 2 amide bonds. The lowest BCUT2D eigenvalue weighted by Gasteiger charge is -2.10. The molecule has 0 saturated heterocycles. The molecular formula is C21H20N4O3. The van der Waals surface area contributed by atoms with Crippen LogP contribution >= 0.6 is 0 Å². The first-order valence-corrected chi connectivity index (χ1v) is 9.17. The molecule has 1 saturated carbocycles. The summed E-state index contributed by atoms with van der Waals surface area (Å²) in [5, 5.41) is 11.2. The summed E-state index contributed by atoms with van der Waals surface area (Å²) in [6.07, 6.45) is 2.05. The maximum Gasteiger partial charge on any atom is 0.274 e. The summed E-state index contributed by atoms with van der Waals surface area (Å²) < 4.78 is 1.24. The molecule has 4 rings (SSSR count). The molecule has 28 heavy (non-hydrogen) atoms. The zero-order valence-corrected chi connectivity index (χ0v) is 15.4. The quantitative estimate of drug-likeness (QED) is 0.712. The number of carbonyl (C=O) groups is 2. The number of nitrogens with zero attached hydrogens (tertiary/aromatic N) is 2. The lowest BCUT2D eigenvalue weighted by Crippen LogP contribution is -2.25. The van der Waals surface area contributed by atoms with Gasteiger partial charge in [-0.15, -0.1) is 0 Å². The van der Waals surface area contributed by atoms with E-state index in [1.54, 1.807) is 49.5 Å². The standard InChI is InChI=1S/C21H20N4O3/c1-25-21(28)17-8-3-2-7-16(17)18(24-25)12-19(26)22-15-6-4-5-13(11-15)20(27)23-14-9-10-14/h2-8,11,14H,9-10,12H2,1H3,(H,22,26)(H,23,27). The second kappa shape index (κ2) is 7.26. The highest BCUT2D eigenvalue weighted by Crippen LogP contribution is 2.20. The minimum atomic E-state index is -0.268. The first kappa shape index (κ1) is 17.9. The van der Waals surface area contributed by atoms with Crippen LogP contribution in [0.4, 0.5) is 5.69 Å². The normalized spacial score (nSPS) is 13.3. The molecule has 1 aliphatic carbocycles. The summed E-state index contributed by atoms with van der Waals surface area (Å²) in [6.45, 7) is 0.